The number of piperidine rings is 1. The van der Waals surface area contributed by atoms with Crippen LogP contribution in [0.1, 0.15) is 47.9 Å². The number of nitrogens with zero attached hydrogens (tertiary/aromatic N) is 5. The summed E-state index contributed by atoms with van der Waals surface area (Å²) in [6, 6.07) is 8.59. The molecule has 2 aromatic rings. The van der Waals surface area contributed by atoms with E-state index in [1.165, 1.54) is 12.8 Å². The summed E-state index contributed by atoms with van der Waals surface area (Å²) in [5, 5.41) is 12.0. The molecule has 0 unspecified atom stereocenters. The van der Waals surface area contributed by atoms with Gasteiger partial charge in [0, 0.05) is 19.6 Å². The number of benzene rings is 1. The molecule has 7 heteroatoms. The van der Waals surface area contributed by atoms with Crippen LogP contribution in [0, 0.1) is 12.8 Å². The van der Waals surface area contributed by atoms with Gasteiger partial charge in [-0.15, -0.1) is 5.10 Å². The summed E-state index contributed by atoms with van der Waals surface area (Å²) in [4.78, 5) is 17.7. The van der Waals surface area contributed by atoms with Crippen molar-refractivity contribution in [1.29, 1.82) is 0 Å². The first-order valence-electron chi connectivity index (χ1n) is 10.5. The smallest absolute Gasteiger partial charge is 0.280 e. The number of carbonyl (C=O) groups is 1. The average Bonchev–Trinajstić information content (AvgIpc) is 3.47. The number of aromatic nitrogens is 3. The minimum atomic E-state index is -0.0313. The quantitative estimate of drug-likeness (QED) is 0.882. The third-order valence-electron chi connectivity index (χ3n) is 6.31. The Bertz CT molecular complexity index is 868. The van der Waals surface area contributed by atoms with Crippen LogP contribution in [-0.2, 0) is 0 Å². The first-order valence-corrected chi connectivity index (χ1v) is 10.5. The molecule has 3 aliphatic rings. The molecule has 5 rings (SSSR count). The van der Waals surface area contributed by atoms with E-state index in [1.807, 2.05) is 22.6 Å². The third kappa shape index (κ3) is 3.17. The first-order chi connectivity index (χ1) is 13.7. The molecule has 1 aliphatic carbocycles. The second kappa shape index (κ2) is 7.20. The van der Waals surface area contributed by atoms with Gasteiger partial charge in [0.15, 0.2) is 5.69 Å². The van der Waals surface area contributed by atoms with Crippen LogP contribution < -0.4 is 15.1 Å². The molecule has 1 saturated carbocycles. The van der Waals surface area contributed by atoms with E-state index >= 15 is 0 Å². The molecule has 1 aromatic heterocycles. The van der Waals surface area contributed by atoms with Gasteiger partial charge in [-0.1, -0.05) is 17.3 Å². The van der Waals surface area contributed by atoms with Crippen molar-refractivity contribution in [3.63, 3.8) is 0 Å². The van der Waals surface area contributed by atoms with Crippen LogP contribution in [0.4, 0.5) is 11.4 Å². The molecular weight excluding hydrogens is 352 g/mol. The third-order valence-corrected chi connectivity index (χ3v) is 6.31. The summed E-state index contributed by atoms with van der Waals surface area (Å²) >= 11 is 0. The van der Waals surface area contributed by atoms with Crippen molar-refractivity contribution in [2.45, 2.75) is 38.6 Å². The van der Waals surface area contributed by atoms with Crippen LogP contribution in [0.25, 0.3) is 0 Å². The van der Waals surface area contributed by atoms with Crippen LogP contribution in [0.15, 0.2) is 24.3 Å². The highest BCUT2D eigenvalue weighted by Gasteiger charge is 2.33. The Morgan fingerprint density at radius 1 is 1.11 bits per heavy atom. The number of nitrogens with one attached hydrogen (secondary N) is 1. The Kier molecular flexibility index (Phi) is 4.55. The molecular formula is C21H28N6O. The maximum Gasteiger partial charge on any atom is 0.280 e. The summed E-state index contributed by atoms with van der Waals surface area (Å²) in [7, 11) is 0. The average molecular weight is 380 g/mol. The highest BCUT2D eigenvalue weighted by molar-refractivity contribution is 6.07. The molecule has 148 valence electrons. The predicted octanol–water partition coefficient (Wildman–Crippen LogP) is 2.39. The summed E-state index contributed by atoms with van der Waals surface area (Å²) in [5.74, 6) is 0.790. The molecule has 7 nitrogen and oxygen atoms in total. The van der Waals surface area contributed by atoms with Gasteiger partial charge < -0.3 is 15.1 Å². The van der Waals surface area contributed by atoms with E-state index in [9.17, 15) is 4.79 Å². The Hall–Kier alpha value is -2.41. The van der Waals surface area contributed by atoms with Crippen molar-refractivity contribution < 1.29 is 4.79 Å². The summed E-state index contributed by atoms with van der Waals surface area (Å²) in [6.45, 7) is 6.63. The summed E-state index contributed by atoms with van der Waals surface area (Å²) in [5.41, 5.74) is 3.53. The van der Waals surface area contributed by atoms with Crippen molar-refractivity contribution in [3.05, 3.63) is 35.7 Å². The molecule has 0 atom stereocenters. The highest BCUT2D eigenvalue weighted by Crippen LogP contribution is 2.38. The minimum Gasteiger partial charge on any atom is -0.368 e. The number of rotatable bonds is 4. The number of hydrogen-bond acceptors (Lipinski definition) is 5. The van der Waals surface area contributed by atoms with Crippen LogP contribution in [0.3, 0.4) is 0 Å². The fraction of sp³-hybridized carbons (Fsp3) is 0.571. The molecule has 1 N–H and O–H groups in total. The van der Waals surface area contributed by atoms with Crippen LogP contribution >= 0.6 is 0 Å². The number of anilines is 2. The van der Waals surface area contributed by atoms with Gasteiger partial charge in [0.2, 0.25) is 0 Å². The normalized spacial score (nSPS) is 20.3. The Morgan fingerprint density at radius 3 is 2.61 bits per heavy atom. The van der Waals surface area contributed by atoms with E-state index in [1.54, 1.807) is 0 Å². The van der Waals surface area contributed by atoms with Crippen molar-refractivity contribution >= 4 is 17.3 Å². The van der Waals surface area contributed by atoms with E-state index in [-0.39, 0.29) is 5.91 Å². The zero-order chi connectivity index (χ0) is 19.1. The second-order valence-corrected chi connectivity index (χ2v) is 8.28. The van der Waals surface area contributed by atoms with E-state index in [2.05, 4.69) is 38.7 Å². The van der Waals surface area contributed by atoms with E-state index in [4.69, 9.17) is 0 Å². The van der Waals surface area contributed by atoms with Crippen LogP contribution in [-0.4, -0.2) is 53.6 Å². The molecule has 1 aromatic carbocycles. The fourth-order valence-electron chi connectivity index (χ4n) is 4.50. The lowest BCUT2D eigenvalue weighted by atomic mass is 10.1. The standard InChI is InChI=1S/C21H28N6O/c1-15-20(23-24-27(15)17-8-10-22-11-9-17)21(28)26-13-12-25(14-16-6-7-16)18-4-2-3-5-19(18)26/h2-5,16-17,22H,6-14H2,1H3. The highest BCUT2D eigenvalue weighted by atomic mass is 16.2. The van der Waals surface area contributed by atoms with Gasteiger partial charge in [-0.3, -0.25) is 4.79 Å². The molecule has 1 amide bonds. The number of para-hydroxylation sites is 2. The zero-order valence-corrected chi connectivity index (χ0v) is 16.5. The molecule has 2 fully saturated rings. The lowest BCUT2D eigenvalue weighted by molar-refractivity contribution is 0.0981. The molecule has 1 saturated heterocycles. The van der Waals surface area contributed by atoms with E-state index in [0.29, 0.717) is 18.3 Å². The lowest BCUT2D eigenvalue weighted by Gasteiger charge is -2.37. The van der Waals surface area contributed by atoms with Crippen LogP contribution in [0.5, 0.6) is 0 Å². The van der Waals surface area contributed by atoms with Gasteiger partial charge >= 0.3 is 0 Å². The summed E-state index contributed by atoms with van der Waals surface area (Å²) < 4.78 is 1.96. The molecule has 3 heterocycles. The topological polar surface area (TPSA) is 66.3 Å². The zero-order valence-electron chi connectivity index (χ0n) is 16.5. The van der Waals surface area contributed by atoms with Crippen molar-refractivity contribution in [3.8, 4) is 0 Å². The maximum atomic E-state index is 13.4. The van der Waals surface area contributed by atoms with Gasteiger partial charge in [0.25, 0.3) is 5.91 Å². The number of hydrogen-bond donors (Lipinski definition) is 1. The monoisotopic (exact) mass is 380 g/mol. The molecule has 2 aliphatic heterocycles. The second-order valence-electron chi connectivity index (χ2n) is 8.28. The number of amides is 1. The Balaban J connectivity index is 1.41. The molecule has 28 heavy (non-hydrogen) atoms. The largest absolute Gasteiger partial charge is 0.368 e. The van der Waals surface area contributed by atoms with Crippen molar-refractivity contribution in [2.75, 3.05) is 42.5 Å². The van der Waals surface area contributed by atoms with Gasteiger partial charge in [-0.05, 0) is 63.7 Å². The van der Waals surface area contributed by atoms with Gasteiger partial charge in [-0.25, -0.2) is 4.68 Å². The fourth-order valence-corrected chi connectivity index (χ4v) is 4.50. The minimum absolute atomic E-state index is 0.0313. The molecule has 0 bridgehead atoms. The Morgan fingerprint density at radius 2 is 1.86 bits per heavy atom. The summed E-state index contributed by atoms with van der Waals surface area (Å²) in [6.07, 6.45) is 4.72. The van der Waals surface area contributed by atoms with E-state index < -0.39 is 0 Å². The van der Waals surface area contributed by atoms with Crippen molar-refractivity contribution in [1.82, 2.24) is 20.3 Å². The van der Waals surface area contributed by atoms with E-state index in [0.717, 1.165) is 62.0 Å². The van der Waals surface area contributed by atoms with Gasteiger partial charge in [-0.2, -0.15) is 0 Å². The first kappa shape index (κ1) is 17.7. The Labute approximate surface area is 165 Å². The molecule has 0 radical (unpaired) electrons. The number of fused-ring (bicyclic) bond motifs is 1. The number of carbonyl (C=O) groups excluding carboxylic acids is 1. The SMILES string of the molecule is Cc1c(C(=O)N2CCN(CC3CC3)c3ccccc32)nnn1C1CCNCC1. The van der Waals surface area contributed by atoms with Gasteiger partial charge in [0.05, 0.1) is 23.1 Å². The predicted molar refractivity (Wildman–Crippen MR) is 109 cm³/mol. The molecule has 0 spiro atoms. The van der Waals surface area contributed by atoms with Crippen molar-refractivity contribution in [2.24, 2.45) is 5.92 Å². The maximum absolute atomic E-state index is 13.4. The van der Waals surface area contributed by atoms with Gasteiger partial charge in [0.1, 0.15) is 0 Å². The lowest BCUT2D eigenvalue weighted by Crippen LogP contribution is -2.45. The van der Waals surface area contributed by atoms with Crippen LogP contribution in [0.2, 0.25) is 0 Å².